The minimum Gasteiger partial charge on any atom is -0.372 e. The van der Waals surface area contributed by atoms with Gasteiger partial charge in [-0.25, -0.2) is 13.6 Å². The third-order valence-electron chi connectivity index (χ3n) is 5.48. The van der Waals surface area contributed by atoms with Crippen molar-refractivity contribution in [2.75, 3.05) is 18.0 Å². The number of aromatic nitrogens is 1. The molecule has 2 aromatic carbocycles. The summed E-state index contributed by atoms with van der Waals surface area (Å²) in [5.41, 5.74) is 4.10. The second-order valence-corrected chi connectivity index (χ2v) is 8.69. The Labute approximate surface area is 177 Å². The highest BCUT2D eigenvalue weighted by atomic mass is 32.2. The first-order chi connectivity index (χ1) is 14.2. The molecule has 0 aliphatic heterocycles. The van der Waals surface area contributed by atoms with Crippen LogP contribution < -0.4 is 10.0 Å². The molecule has 1 heterocycles. The van der Waals surface area contributed by atoms with Crippen molar-refractivity contribution in [1.29, 1.82) is 5.26 Å². The van der Waals surface area contributed by atoms with E-state index in [1.54, 1.807) is 19.1 Å². The molecule has 0 atom stereocenters. The number of allylic oxidation sites excluding steroid dienone is 2. The number of sulfonamides is 1. The highest BCUT2D eigenvalue weighted by Gasteiger charge is 2.19. The number of fused-ring (bicyclic) bond motifs is 1. The minimum absolute atomic E-state index is 0.332. The van der Waals surface area contributed by atoms with E-state index in [4.69, 9.17) is 5.14 Å². The van der Waals surface area contributed by atoms with E-state index in [1.807, 2.05) is 17.7 Å². The van der Waals surface area contributed by atoms with Gasteiger partial charge in [0.25, 0.3) is 0 Å². The molecule has 3 aromatic rings. The maximum Gasteiger partial charge on any atom is 0.248 e. The second kappa shape index (κ2) is 8.34. The lowest BCUT2D eigenvalue weighted by atomic mass is 10.0. The fraction of sp³-hybridized carbons (Fsp3) is 0.261. The predicted octanol–water partition coefficient (Wildman–Crippen LogP) is 4.23. The molecule has 0 unspecified atom stereocenters. The Morgan fingerprint density at radius 2 is 1.70 bits per heavy atom. The summed E-state index contributed by atoms with van der Waals surface area (Å²) in [7, 11) is -2.23. The highest BCUT2D eigenvalue weighted by molar-refractivity contribution is 7.93. The van der Waals surface area contributed by atoms with E-state index < -0.39 is 14.9 Å². The number of anilines is 1. The number of primary sulfonamides is 1. The highest BCUT2D eigenvalue weighted by Crippen LogP contribution is 2.31. The summed E-state index contributed by atoms with van der Waals surface area (Å²) in [6.07, 6.45) is 0. The maximum atomic E-state index is 11.7. The van der Waals surface area contributed by atoms with Gasteiger partial charge in [-0.05, 0) is 67.4 Å². The van der Waals surface area contributed by atoms with Gasteiger partial charge in [0, 0.05) is 42.8 Å². The van der Waals surface area contributed by atoms with Gasteiger partial charge in [0.1, 0.15) is 6.07 Å². The molecule has 0 saturated heterocycles. The van der Waals surface area contributed by atoms with Crippen LogP contribution in [0.25, 0.3) is 27.6 Å². The number of nitrogens with two attached hydrogens (primary N) is 1. The Bertz CT molecular complexity index is 1280. The molecule has 7 heteroatoms. The van der Waals surface area contributed by atoms with Gasteiger partial charge in [0.15, 0.2) is 4.91 Å². The maximum absolute atomic E-state index is 11.7. The van der Waals surface area contributed by atoms with Gasteiger partial charge < -0.3 is 9.47 Å². The van der Waals surface area contributed by atoms with E-state index in [2.05, 4.69) is 55.1 Å². The van der Waals surface area contributed by atoms with Gasteiger partial charge in [0.2, 0.25) is 10.0 Å². The Balaban J connectivity index is 2.06. The van der Waals surface area contributed by atoms with Gasteiger partial charge >= 0.3 is 0 Å². The first kappa shape index (κ1) is 21.6. The zero-order valence-electron chi connectivity index (χ0n) is 17.7. The van der Waals surface area contributed by atoms with Gasteiger partial charge in [-0.3, -0.25) is 0 Å². The topological polar surface area (TPSA) is 92.1 Å². The predicted molar refractivity (Wildman–Crippen MR) is 123 cm³/mol. The van der Waals surface area contributed by atoms with Crippen molar-refractivity contribution in [3.63, 3.8) is 0 Å². The smallest absolute Gasteiger partial charge is 0.248 e. The molecule has 0 saturated carbocycles. The van der Waals surface area contributed by atoms with Crippen molar-refractivity contribution in [1.82, 2.24) is 4.57 Å². The summed E-state index contributed by atoms with van der Waals surface area (Å²) >= 11 is 0. The minimum atomic E-state index is -4.08. The summed E-state index contributed by atoms with van der Waals surface area (Å²) in [6.45, 7) is 7.81. The summed E-state index contributed by atoms with van der Waals surface area (Å²) in [5, 5.41) is 16.7. The van der Waals surface area contributed by atoms with Crippen molar-refractivity contribution >= 4 is 32.1 Å². The Morgan fingerprint density at radius 1 is 1.07 bits per heavy atom. The molecule has 2 N–H and O–H groups in total. The first-order valence-electron chi connectivity index (χ1n) is 9.80. The fourth-order valence-electron chi connectivity index (χ4n) is 3.83. The van der Waals surface area contributed by atoms with Crippen LogP contribution in [0.5, 0.6) is 0 Å². The number of hydrogen-bond acceptors (Lipinski definition) is 4. The van der Waals surface area contributed by atoms with Crippen molar-refractivity contribution in [2.45, 2.75) is 20.8 Å². The van der Waals surface area contributed by atoms with Crippen LogP contribution in [0, 0.1) is 11.3 Å². The number of benzene rings is 2. The molecule has 0 aliphatic rings. The molecule has 6 nitrogen and oxygen atoms in total. The molecule has 0 radical (unpaired) electrons. The molecule has 30 heavy (non-hydrogen) atoms. The van der Waals surface area contributed by atoms with Crippen LogP contribution in [-0.2, 0) is 17.1 Å². The SMILES string of the molecule is CCN(CC)c1ccc2cc(-c3ccc(C(C)=C(C#N)S(N)(=O)=O)n3C)ccc2c1. The van der Waals surface area contributed by atoms with E-state index in [0.29, 0.717) is 11.3 Å². The summed E-state index contributed by atoms with van der Waals surface area (Å²) in [5.74, 6) is 0. The largest absolute Gasteiger partial charge is 0.372 e. The van der Waals surface area contributed by atoms with E-state index in [9.17, 15) is 13.7 Å². The van der Waals surface area contributed by atoms with Crippen LogP contribution in [0.3, 0.4) is 0 Å². The van der Waals surface area contributed by atoms with Gasteiger partial charge in [0.05, 0.1) is 0 Å². The van der Waals surface area contributed by atoms with Crippen molar-refractivity contribution in [2.24, 2.45) is 12.2 Å². The fourth-order valence-corrected chi connectivity index (χ4v) is 4.49. The standard InChI is InChI=1S/C23H26N4O2S/c1-5-27(6-2)20-10-9-17-13-19(8-7-18(17)14-20)22-12-11-21(26(22)4)16(3)23(15-24)30(25,28)29/h7-14H,5-6H2,1-4H3,(H2,25,28,29). The van der Waals surface area contributed by atoms with Crippen LogP contribution in [-0.4, -0.2) is 26.1 Å². The summed E-state index contributed by atoms with van der Waals surface area (Å²) < 4.78 is 25.3. The third kappa shape index (κ3) is 3.97. The number of hydrogen-bond donors (Lipinski definition) is 1. The molecular weight excluding hydrogens is 396 g/mol. The summed E-state index contributed by atoms with van der Waals surface area (Å²) in [4.78, 5) is 1.89. The molecule has 3 rings (SSSR count). The lowest BCUT2D eigenvalue weighted by Crippen LogP contribution is -2.21. The van der Waals surface area contributed by atoms with E-state index in [1.165, 1.54) is 5.69 Å². The van der Waals surface area contributed by atoms with Gasteiger partial charge in [-0.1, -0.05) is 18.2 Å². The second-order valence-electron chi connectivity index (χ2n) is 7.19. The zero-order valence-corrected chi connectivity index (χ0v) is 18.5. The van der Waals surface area contributed by atoms with Crippen LogP contribution in [0.2, 0.25) is 0 Å². The van der Waals surface area contributed by atoms with Crippen LogP contribution >= 0.6 is 0 Å². The van der Waals surface area contributed by atoms with E-state index in [-0.39, 0.29) is 0 Å². The monoisotopic (exact) mass is 422 g/mol. The lowest BCUT2D eigenvalue weighted by Gasteiger charge is -2.21. The number of nitrogens with zero attached hydrogens (tertiary/aromatic N) is 3. The average Bonchev–Trinajstić information content (AvgIpc) is 3.09. The van der Waals surface area contributed by atoms with Crippen molar-refractivity contribution < 1.29 is 8.42 Å². The molecular formula is C23H26N4O2S. The molecule has 0 amide bonds. The van der Waals surface area contributed by atoms with Crippen LogP contribution in [0.4, 0.5) is 5.69 Å². The Morgan fingerprint density at radius 3 is 2.30 bits per heavy atom. The van der Waals surface area contributed by atoms with Crippen LogP contribution in [0.1, 0.15) is 26.5 Å². The van der Waals surface area contributed by atoms with Crippen LogP contribution in [0.15, 0.2) is 53.4 Å². The zero-order chi connectivity index (χ0) is 22.1. The Kier molecular flexibility index (Phi) is 6.01. The molecule has 0 bridgehead atoms. The van der Waals surface area contributed by atoms with Crippen molar-refractivity contribution in [3.8, 4) is 17.3 Å². The number of rotatable bonds is 6. The van der Waals surface area contributed by atoms with Gasteiger partial charge in [-0.15, -0.1) is 0 Å². The first-order valence-corrected chi connectivity index (χ1v) is 11.3. The lowest BCUT2D eigenvalue weighted by molar-refractivity contribution is 0.605. The average molecular weight is 423 g/mol. The quantitative estimate of drug-likeness (QED) is 0.602. The van der Waals surface area contributed by atoms with Gasteiger partial charge in [-0.2, -0.15) is 5.26 Å². The Hall–Kier alpha value is -3.08. The third-order valence-corrected chi connectivity index (χ3v) is 6.45. The molecule has 0 fully saturated rings. The molecule has 0 aliphatic carbocycles. The number of nitriles is 1. The van der Waals surface area contributed by atoms with Crippen molar-refractivity contribution in [3.05, 3.63) is 59.1 Å². The normalized spacial score (nSPS) is 12.5. The van der Waals surface area contributed by atoms with E-state index >= 15 is 0 Å². The molecule has 156 valence electrons. The molecule has 1 aromatic heterocycles. The molecule has 0 spiro atoms. The van der Waals surface area contributed by atoms with E-state index in [0.717, 1.165) is 35.1 Å². The summed E-state index contributed by atoms with van der Waals surface area (Å²) in [6, 6.07) is 18.2.